The van der Waals surface area contributed by atoms with Crippen LogP contribution in [0.5, 0.6) is 0 Å². The fourth-order valence-electron chi connectivity index (χ4n) is 3.23. The van der Waals surface area contributed by atoms with Crippen LogP contribution < -0.4 is 10.6 Å². The maximum absolute atomic E-state index is 5.20. The van der Waals surface area contributed by atoms with E-state index in [2.05, 4.69) is 76.2 Å². The molecule has 0 aliphatic rings. The summed E-state index contributed by atoms with van der Waals surface area (Å²) in [5.74, 6) is 0.808. The topological polar surface area (TPSA) is 61.4 Å². The number of benzene rings is 2. The minimum absolute atomic E-state index is 0. The number of nitrogens with one attached hydrogen (secondary N) is 3. The fourth-order valence-corrected chi connectivity index (χ4v) is 3.23. The summed E-state index contributed by atoms with van der Waals surface area (Å²) in [6, 6.07) is 14.9. The third kappa shape index (κ3) is 5.97. The van der Waals surface area contributed by atoms with Crippen LogP contribution in [-0.4, -0.2) is 31.6 Å². The molecule has 2 aromatic carbocycles. The Balaban J connectivity index is 0.00000280. The summed E-state index contributed by atoms with van der Waals surface area (Å²) in [5.41, 5.74) is 6.17. The first-order chi connectivity index (χ1) is 13.2. The zero-order valence-electron chi connectivity index (χ0n) is 16.7. The third-order valence-corrected chi connectivity index (χ3v) is 4.60. The molecule has 0 fully saturated rings. The van der Waals surface area contributed by atoms with E-state index in [-0.39, 0.29) is 24.0 Å². The number of hydrogen-bond donors (Lipinski definition) is 3. The van der Waals surface area contributed by atoms with E-state index < -0.39 is 0 Å². The van der Waals surface area contributed by atoms with Gasteiger partial charge in [-0.15, -0.1) is 24.0 Å². The lowest BCUT2D eigenvalue weighted by Crippen LogP contribution is -2.37. The van der Waals surface area contributed by atoms with Gasteiger partial charge >= 0.3 is 0 Å². The maximum Gasteiger partial charge on any atom is 0.191 e. The highest BCUT2D eigenvalue weighted by atomic mass is 127. The molecule has 0 aliphatic carbocycles. The Morgan fingerprint density at radius 2 is 1.93 bits per heavy atom. The van der Waals surface area contributed by atoms with Crippen molar-refractivity contribution in [2.24, 2.45) is 4.99 Å². The summed E-state index contributed by atoms with van der Waals surface area (Å²) in [4.78, 5) is 7.68. The molecule has 150 valence electrons. The highest BCUT2D eigenvalue weighted by Crippen LogP contribution is 2.19. The standard InChI is InChI=1S/C22H28N4O.HI/c1-16-7-8-20-19(14-25-21(20)11-16)9-10-24-22(23-2)26-13-17-5-4-6-18(12-17)15-27-3;/h4-8,11-12,14,25H,9-10,13,15H2,1-3H3,(H2,23,24,26);1H. The molecule has 6 heteroatoms. The van der Waals surface area contributed by atoms with Crippen molar-refractivity contribution < 1.29 is 4.74 Å². The first-order valence-electron chi connectivity index (χ1n) is 9.27. The molecule has 3 aromatic rings. The summed E-state index contributed by atoms with van der Waals surface area (Å²) in [7, 11) is 3.51. The quantitative estimate of drug-likeness (QED) is 0.264. The average molecular weight is 492 g/mol. The van der Waals surface area contributed by atoms with E-state index in [4.69, 9.17) is 4.74 Å². The summed E-state index contributed by atoms with van der Waals surface area (Å²) < 4.78 is 5.20. The molecule has 5 nitrogen and oxygen atoms in total. The number of hydrogen-bond acceptors (Lipinski definition) is 2. The minimum Gasteiger partial charge on any atom is -0.380 e. The van der Waals surface area contributed by atoms with Crippen LogP contribution in [0.25, 0.3) is 10.9 Å². The SMILES string of the molecule is CN=C(NCCc1c[nH]c2cc(C)ccc12)NCc1cccc(COC)c1.I. The number of ether oxygens (including phenoxy) is 1. The number of rotatable bonds is 7. The van der Waals surface area contributed by atoms with Crippen LogP contribution in [-0.2, 0) is 24.3 Å². The first kappa shape index (κ1) is 22.2. The van der Waals surface area contributed by atoms with Crippen LogP contribution >= 0.6 is 24.0 Å². The van der Waals surface area contributed by atoms with E-state index >= 15 is 0 Å². The van der Waals surface area contributed by atoms with Crippen molar-refractivity contribution in [3.63, 3.8) is 0 Å². The Morgan fingerprint density at radius 1 is 1.11 bits per heavy atom. The van der Waals surface area contributed by atoms with E-state index in [0.29, 0.717) is 6.61 Å². The molecule has 0 amide bonds. The van der Waals surface area contributed by atoms with Crippen LogP contribution in [0.2, 0.25) is 0 Å². The molecular weight excluding hydrogens is 463 g/mol. The van der Waals surface area contributed by atoms with Gasteiger partial charge in [-0.05, 0) is 41.7 Å². The van der Waals surface area contributed by atoms with Crippen molar-refractivity contribution in [3.05, 3.63) is 70.9 Å². The lowest BCUT2D eigenvalue weighted by Gasteiger charge is -2.12. The summed E-state index contributed by atoms with van der Waals surface area (Å²) in [6.45, 7) is 4.29. The third-order valence-electron chi connectivity index (χ3n) is 4.60. The predicted molar refractivity (Wildman–Crippen MR) is 128 cm³/mol. The van der Waals surface area contributed by atoms with Crippen molar-refractivity contribution in [2.45, 2.75) is 26.5 Å². The Morgan fingerprint density at radius 3 is 2.71 bits per heavy atom. The molecule has 28 heavy (non-hydrogen) atoms. The Hall–Kier alpha value is -2.06. The van der Waals surface area contributed by atoms with Gasteiger partial charge in [-0.25, -0.2) is 0 Å². The number of aromatic amines is 1. The molecule has 0 spiro atoms. The van der Waals surface area contributed by atoms with E-state index in [0.717, 1.165) is 25.5 Å². The molecule has 0 atom stereocenters. The van der Waals surface area contributed by atoms with Crippen molar-refractivity contribution in [1.29, 1.82) is 0 Å². The van der Waals surface area contributed by atoms with Gasteiger partial charge in [0.1, 0.15) is 0 Å². The number of H-pyrrole nitrogens is 1. The van der Waals surface area contributed by atoms with Crippen molar-refractivity contribution >= 4 is 40.8 Å². The number of nitrogens with zero attached hydrogens (tertiary/aromatic N) is 1. The van der Waals surface area contributed by atoms with Gasteiger partial charge in [0.15, 0.2) is 5.96 Å². The van der Waals surface area contributed by atoms with Gasteiger partial charge in [0.2, 0.25) is 0 Å². The minimum atomic E-state index is 0. The normalized spacial score (nSPS) is 11.3. The van der Waals surface area contributed by atoms with Gasteiger partial charge in [0.05, 0.1) is 6.61 Å². The molecule has 0 bridgehead atoms. The van der Waals surface area contributed by atoms with Crippen LogP contribution in [0.1, 0.15) is 22.3 Å². The zero-order valence-corrected chi connectivity index (χ0v) is 19.0. The molecule has 0 radical (unpaired) electrons. The molecule has 0 aliphatic heterocycles. The Bertz CT molecular complexity index is 920. The van der Waals surface area contributed by atoms with Crippen LogP contribution in [0.15, 0.2) is 53.7 Å². The maximum atomic E-state index is 5.20. The molecule has 0 saturated carbocycles. The van der Waals surface area contributed by atoms with Gasteiger partial charge in [0, 0.05) is 44.3 Å². The number of aliphatic imine (C=N–C) groups is 1. The van der Waals surface area contributed by atoms with Gasteiger partial charge in [-0.3, -0.25) is 4.99 Å². The summed E-state index contributed by atoms with van der Waals surface area (Å²) in [5, 5.41) is 8.06. The van der Waals surface area contributed by atoms with E-state index in [1.165, 1.54) is 33.2 Å². The summed E-state index contributed by atoms with van der Waals surface area (Å²) in [6.07, 6.45) is 3.04. The first-order valence-corrected chi connectivity index (χ1v) is 9.27. The van der Waals surface area contributed by atoms with Gasteiger partial charge < -0.3 is 20.4 Å². The van der Waals surface area contributed by atoms with Crippen LogP contribution in [0.3, 0.4) is 0 Å². The summed E-state index contributed by atoms with van der Waals surface area (Å²) >= 11 is 0. The van der Waals surface area contributed by atoms with Crippen LogP contribution in [0, 0.1) is 6.92 Å². The zero-order chi connectivity index (χ0) is 19.1. The van der Waals surface area contributed by atoms with E-state index in [1.54, 1.807) is 14.2 Å². The van der Waals surface area contributed by atoms with Gasteiger partial charge in [0.25, 0.3) is 0 Å². The van der Waals surface area contributed by atoms with E-state index in [9.17, 15) is 0 Å². The highest BCUT2D eigenvalue weighted by molar-refractivity contribution is 14.0. The number of methoxy groups -OCH3 is 1. The number of halogens is 1. The number of guanidine groups is 1. The molecule has 0 saturated heterocycles. The van der Waals surface area contributed by atoms with E-state index in [1.807, 2.05) is 0 Å². The lowest BCUT2D eigenvalue weighted by molar-refractivity contribution is 0.185. The highest BCUT2D eigenvalue weighted by Gasteiger charge is 2.05. The molecule has 1 aromatic heterocycles. The lowest BCUT2D eigenvalue weighted by atomic mass is 10.1. The van der Waals surface area contributed by atoms with Crippen molar-refractivity contribution in [1.82, 2.24) is 15.6 Å². The largest absolute Gasteiger partial charge is 0.380 e. The van der Waals surface area contributed by atoms with Gasteiger partial charge in [-0.1, -0.05) is 36.4 Å². The second kappa shape index (κ2) is 11.1. The van der Waals surface area contributed by atoms with Gasteiger partial charge in [-0.2, -0.15) is 0 Å². The van der Waals surface area contributed by atoms with Crippen molar-refractivity contribution in [3.8, 4) is 0 Å². The predicted octanol–water partition coefficient (Wildman–Crippen LogP) is 4.15. The second-order valence-corrected chi connectivity index (χ2v) is 6.72. The monoisotopic (exact) mass is 492 g/mol. The molecule has 0 unspecified atom stereocenters. The smallest absolute Gasteiger partial charge is 0.191 e. The fraction of sp³-hybridized carbons (Fsp3) is 0.318. The Kier molecular flexibility index (Phi) is 8.79. The Labute approximate surface area is 184 Å². The number of aryl methyl sites for hydroxylation is 1. The molecular formula is C22H29IN4O. The molecule has 1 heterocycles. The number of aromatic nitrogens is 1. The average Bonchev–Trinajstić information content (AvgIpc) is 3.07. The second-order valence-electron chi connectivity index (χ2n) is 6.72. The molecule has 3 rings (SSSR count). The van der Waals surface area contributed by atoms with Crippen molar-refractivity contribution in [2.75, 3.05) is 20.7 Å². The number of fused-ring (bicyclic) bond motifs is 1. The molecule has 3 N–H and O–H groups in total. The van der Waals surface area contributed by atoms with Crippen LogP contribution in [0.4, 0.5) is 0 Å².